The van der Waals surface area contributed by atoms with Gasteiger partial charge in [-0.2, -0.15) is 0 Å². The van der Waals surface area contributed by atoms with Gasteiger partial charge < -0.3 is 14.9 Å². The highest BCUT2D eigenvalue weighted by atomic mass is 16.2. The minimum atomic E-state index is 0.261. The number of rotatable bonds is 6. The van der Waals surface area contributed by atoms with Crippen molar-refractivity contribution < 1.29 is 9.90 Å². The van der Waals surface area contributed by atoms with Crippen LogP contribution >= 0.6 is 0 Å². The van der Waals surface area contributed by atoms with Gasteiger partial charge in [0.15, 0.2) is 0 Å². The maximum absolute atomic E-state index is 12.2. The van der Waals surface area contributed by atoms with Crippen molar-refractivity contribution >= 4 is 17.2 Å². The van der Waals surface area contributed by atoms with Crippen LogP contribution in [-0.4, -0.2) is 49.2 Å². The number of carbonyl (C=O) groups excluding carboxylic acids is 1. The highest BCUT2D eigenvalue weighted by molar-refractivity contribution is 5.76. The summed E-state index contributed by atoms with van der Waals surface area (Å²) in [4.78, 5) is 16.6. The van der Waals surface area contributed by atoms with E-state index >= 15 is 0 Å². The molecule has 0 spiro atoms. The third-order valence-electron chi connectivity index (χ3n) is 4.55. The van der Waals surface area contributed by atoms with E-state index in [0.717, 1.165) is 57.3 Å². The van der Waals surface area contributed by atoms with Crippen molar-refractivity contribution in [2.75, 3.05) is 38.2 Å². The fraction of sp³-hybridized carbons (Fsp3) is 0.522. The lowest BCUT2D eigenvalue weighted by Gasteiger charge is -2.36. The zero-order chi connectivity index (χ0) is 20.8. The van der Waals surface area contributed by atoms with Crippen LogP contribution < -0.4 is 4.90 Å². The van der Waals surface area contributed by atoms with Gasteiger partial charge in [-0.15, -0.1) is 0 Å². The van der Waals surface area contributed by atoms with Crippen molar-refractivity contribution in [3.8, 4) is 0 Å². The smallest absolute Gasteiger partial charge is 0.223 e. The standard InChI is InChI=1S/C20H28N2O.C2H6.CH4O/c1-5-17(4)6-11-20(23)22-14-12-21(13-15-22)19-9-7-18(8-10-19)16(2)3;2*1-2/h7-10H,2,4-6,11-15H2,1,3H3;1-2H3;2H,1H3. The molecule has 1 N–H and O–H groups in total. The molecule has 0 atom stereocenters. The van der Waals surface area contributed by atoms with Crippen molar-refractivity contribution in [2.24, 2.45) is 0 Å². The first-order chi connectivity index (χ1) is 13.0. The summed E-state index contributed by atoms with van der Waals surface area (Å²) in [6.45, 7) is 19.5. The third kappa shape index (κ3) is 8.44. The molecule has 1 fully saturated rings. The van der Waals surface area contributed by atoms with Gasteiger partial charge in [-0.3, -0.25) is 4.79 Å². The van der Waals surface area contributed by atoms with Gasteiger partial charge in [-0.1, -0.05) is 57.2 Å². The van der Waals surface area contributed by atoms with Crippen LogP contribution in [-0.2, 0) is 4.79 Å². The maximum atomic E-state index is 12.2. The van der Waals surface area contributed by atoms with E-state index in [9.17, 15) is 4.79 Å². The number of anilines is 1. The predicted octanol–water partition coefficient (Wildman–Crippen LogP) is 4.75. The predicted molar refractivity (Wildman–Crippen MR) is 118 cm³/mol. The summed E-state index contributed by atoms with van der Waals surface area (Å²) in [5, 5.41) is 7.00. The second-order valence-corrected chi connectivity index (χ2v) is 6.30. The normalized spacial score (nSPS) is 13.0. The minimum Gasteiger partial charge on any atom is -0.400 e. The fourth-order valence-corrected chi connectivity index (χ4v) is 2.79. The van der Waals surface area contributed by atoms with E-state index in [2.05, 4.69) is 49.2 Å². The molecule has 0 unspecified atom stereocenters. The van der Waals surface area contributed by atoms with Crippen LogP contribution in [0.4, 0.5) is 5.69 Å². The fourth-order valence-electron chi connectivity index (χ4n) is 2.79. The molecule has 2 rings (SSSR count). The highest BCUT2D eigenvalue weighted by Crippen LogP contribution is 2.20. The molecule has 0 saturated carbocycles. The molecule has 0 aliphatic carbocycles. The number of carbonyl (C=O) groups is 1. The molecule has 27 heavy (non-hydrogen) atoms. The van der Waals surface area contributed by atoms with Gasteiger partial charge in [0.1, 0.15) is 0 Å². The van der Waals surface area contributed by atoms with Crippen LogP contribution in [0.1, 0.15) is 52.5 Å². The Morgan fingerprint density at radius 2 is 1.52 bits per heavy atom. The van der Waals surface area contributed by atoms with Gasteiger partial charge in [0.2, 0.25) is 5.91 Å². The molecular formula is C23H38N2O2. The minimum absolute atomic E-state index is 0.261. The van der Waals surface area contributed by atoms with Crippen LogP contribution in [0.5, 0.6) is 0 Å². The van der Waals surface area contributed by atoms with E-state index in [1.165, 1.54) is 11.3 Å². The number of aliphatic hydroxyl groups excluding tert-OH is 1. The number of allylic oxidation sites excluding steroid dienone is 2. The lowest BCUT2D eigenvalue weighted by atomic mass is 10.1. The van der Waals surface area contributed by atoms with E-state index in [-0.39, 0.29) is 5.91 Å². The SMILES string of the molecule is C=C(CC)CCC(=O)N1CCN(c2ccc(C(=C)C)cc2)CC1.CC.CO. The molecule has 1 saturated heterocycles. The first-order valence-corrected chi connectivity index (χ1v) is 9.91. The maximum Gasteiger partial charge on any atom is 0.223 e. The summed E-state index contributed by atoms with van der Waals surface area (Å²) in [6.07, 6.45) is 2.37. The summed E-state index contributed by atoms with van der Waals surface area (Å²) in [6, 6.07) is 8.52. The largest absolute Gasteiger partial charge is 0.400 e. The molecule has 1 aliphatic rings. The molecule has 1 heterocycles. The summed E-state index contributed by atoms with van der Waals surface area (Å²) in [7, 11) is 1.00. The van der Waals surface area contributed by atoms with Crippen LogP contribution in [0.3, 0.4) is 0 Å². The molecule has 4 heteroatoms. The number of aliphatic hydroxyl groups is 1. The van der Waals surface area contributed by atoms with Crippen LogP contribution in [0.15, 0.2) is 43.0 Å². The Balaban J connectivity index is 0.00000158. The Morgan fingerprint density at radius 1 is 1.00 bits per heavy atom. The lowest BCUT2D eigenvalue weighted by molar-refractivity contribution is -0.131. The topological polar surface area (TPSA) is 43.8 Å². The molecule has 0 bridgehead atoms. The average molecular weight is 375 g/mol. The molecule has 0 aromatic heterocycles. The molecule has 4 nitrogen and oxygen atoms in total. The van der Waals surface area contributed by atoms with Gasteiger partial charge in [-0.25, -0.2) is 0 Å². The molecule has 1 amide bonds. The zero-order valence-electron chi connectivity index (χ0n) is 17.9. The van der Waals surface area contributed by atoms with Crippen LogP contribution in [0.2, 0.25) is 0 Å². The summed E-state index contributed by atoms with van der Waals surface area (Å²) in [5.74, 6) is 0.261. The van der Waals surface area contributed by atoms with Crippen molar-refractivity contribution in [1.29, 1.82) is 0 Å². The van der Waals surface area contributed by atoms with Crippen LogP contribution in [0.25, 0.3) is 5.57 Å². The summed E-state index contributed by atoms with van der Waals surface area (Å²) >= 11 is 0. The van der Waals surface area contributed by atoms with E-state index in [0.29, 0.717) is 6.42 Å². The number of benzene rings is 1. The molecule has 1 aliphatic heterocycles. The van der Waals surface area contributed by atoms with E-state index in [4.69, 9.17) is 5.11 Å². The quantitative estimate of drug-likeness (QED) is 0.731. The average Bonchev–Trinajstić information content (AvgIpc) is 2.74. The molecule has 0 radical (unpaired) electrons. The van der Waals surface area contributed by atoms with Crippen molar-refractivity contribution in [3.63, 3.8) is 0 Å². The first-order valence-electron chi connectivity index (χ1n) is 9.91. The second kappa shape index (κ2) is 14.0. The Hall–Kier alpha value is -2.07. The summed E-state index contributed by atoms with van der Waals surface area (Å²) in [5.41, 5.74) is 4.65. The lowest BCUT2D eigenvalue weighted by Crippen LogP contribution is -2.48. The van der Waals surface area contributed by atoms with Gasteiger partial charge in [0, 0.05) is 45.4 Å². The van der Waals surface area contributed by atoms with Gasteiger partial charge in [-0.05, 0) is 37.5 Å². The Kier molecular flexibility index (Phi) is 13.0. The number of nitrogens with zero attached hydrogens (tertiary/aromatic N) is 2. The monoisotopic (exact) mass is 374 g/mol. The number of amides is 1. The second-order valence-electron chi connectivity index (χ2n) is 6.30. The molecular weight excluding hydrogens is 336 g/mol. The third-order valence-corrected chi connectivity index (χ3v) is 4.55. The Bertz CT molecular complexity index is 571. The van der Waals surface area contributed by atoms with E-state index in [1.807, 2.05) is 25.7 Å². The van der Waals surface area contributed by atoms with Gasteiger partial charge in [0.25, 0.3) is 0 Å². The Labute approximate surface area is 166 Å². The summed E-state index contributed by atoms with van der Waals surface area (Å²) < 4.78 is 0. The number of hydrogen-bond acceptors (Lipinski definition) is 3. The number of hydrogen-bond donors (Lipinski definition) is 1. The molecule has 152 valence electrons. The molecule has 1 aromatic rings. The van der Waals surface area contributed by atoms with E-state index < -0.39 is 0 Å². The van der Waals surface area contributed by atoms with Gasteiger partial charge >= 0.3 is 0 Å². The number of piperazine rings is 1. The van der Waals surface area contributed by atoms with Crippen molar-refractivity contribution in [3.05, 3.63) is 48.6 Å². The van der Waals surface area contributed by atoms with Crippen LogP contribution in [0, 0.1) is 0 Å². The molecule has 1 aromatic carbocycles. The van der Waals surface area contributed by atoms with Crippen molar-refractivity contribution in [1.82, 2.24) is 4.90 Å². The Morgan fingerprint density at radius 3 is 1.96 bits per heavy atom. The van der Waals surface area contributed by atoms with Crippen molar-refractivity contribution in [2.45, 2.75) is 47.0 Å². The highest BCUT2D eigenvalue weighted by Gasteiger charge is 2.21. The first kappa shape index (κ1) is 24.9. The zero-order valence-corrected chi connectivity index (χ0v) is 17.9. The van der Waals surface area contributed by atoms with Gasteiger partial charge in [0.05, 0.1) is 0 Å². The van der Waals surface area contributed by atoms with E-state index in [1.54, 1.807) is 0 Å².